The predicted molar refractivity (Wildman–Crippen MR) is 137 cm³/mol. The van der Waals surface area contributed by atoms with Gasteiger partial charge in [-0.2, -0.15) is 0 Å². The summed E-state index contributed by atoms with van der Waals surface area (Å²) in [7, 11) is 0. The normalized spacial score (nSPS) is 11.2. The third-order valence-corrected chi connectivity index (χ3v) is 6.12. The van der Waals surface area contributed by atoms with Gasteiger partial charge in [-0.1, -0.05) is 78.3 Å². The fraction of sp³-hybridized carbons (Fsp3) is 0.0370. The molecule has 0 unspecified atom stereocenters. The van der Waals surface area contributed by atoms with Gasteiger partial charge in [-0.25, -0.2) is 19.9 Å². The number of aromatic nitrogens is 5. The lowest BCUT2D eigenvalue weighted by Crippen LogP contribution is -2.06. The van der Waals surface area contributed by atoms with Gasteiger partial charge in [-0.3, -0.25) is 0 Å². The first kappa shape index (κ1) is 20.3. The Morgan fingerprint density at radius 2 is 1.65 bits per heavy atom. The summed E-state index contributed by atoms with van der Waals surface area (Å²) in [5, 5.41) is 5.06. The van der Waals surface area contributed by atoms with Crippen LogP contribution in [0.5, 0.6) is 0 Å². The van der Waals surface area contributed by atoms with E-state index >= 15 is 0 Å². The summed E-state index contributed by atoms with van der Waals surface area (Å²) in [5.74, 6) is 0.691. The minimum Gasteiger partial charge on any atom is -0.364 e. The van der Waals surface area contributed by atoms with E-state index in [0.29, 0.717) is 23.0 Å². The van der Waals surface area contributed by atoms with E-state index < -0.39 is 0 Å². The van der Waals surface area contributed by atoms with Crippen LogP contribution in [0.25, 0.3) is 44.5 Å². The van der Waals surface area contributed by atoms with E-state index in [2.05, 4.69) is 55.6 Å². The molecule has 2 N–H and O–H groups in total. The van der Waals surface area contributed by atoms with Crippen molar-refractivity contribution in [2.75, 3.05) is 5.32 Å². The highest BCUT2D eigenvalue weighted by Gasteiger charge is 2.16. The van der Waals surface area contributed by atoms with E-state index in [9.17, 15) is 0 Å². The number of nitrogens with one attached hydrogen (secondary N) is 2. The molecule has 3 aromatic heterocycles. The van der Waals surface area contributed by atoms with Crippen molar-refractivity contribution in [3.8, 4) is 22.4 Å². The second-order valence-corrected chi connectivity index (χ2v) is 8.30. The molecule has 0 amide bonds. The van der Waals surface area contributed by atoms with Gasteiger partial charge in [0.2, 0.25) is 0 Å². The molecule has 3 heterocycles. The average molecular weight is 463 g/mol. The molecular weight excluding hydrogens is 444 g/mol. The van der Waals surface area contributed by atoms with Gasteiger partial charge in [-0.15, -0.1) is 0 Å². The number of aromatic amines is 1. The van der Waals surface area contributed by atoms with Crippen LogP contribution in [0.3, 0.4) is 0 Å². The summed E-state index contributed by atoms with van der Waals surface area (Å²) in [5.41, 5.74) is 7.37. The molecule has 3 aromatic carbocycles. The van der Waals surface area contributed by atoms with E-state index in [1.807, 2.05) is 48.5 Å². The molecule has 6 rings (SSSR count). The number of H-pyrrole nitrogens is 1. The number of fused-ring (bicyclic) bond motifs is 2. The van der Waals surface area contributed by atoms with Crippen molar-refractivity contribution in [2.45, 2.75) is 6.54 Å². The van der Waals surface area contributed by atoms with Crippen molar-refractivity contribution in [1.29, 1.82) is 0 Å². The predicted octanol–water partition coefficient (Wildman–Crippen LogP) is 6.50. The molecular formula is C27H19ClN6. The number of para-hydroxylation sites is 1. The maximum atomic E-state index is 6.55. The summed E-state index contributed by atoms with van der Waals surface area (Å²) in [6.07, 6.45) is 3.13. The third-order valence-electron chi connectivity index (χ3n) is 5.81. The van der Waals surface area contributed by atoms with Crippen LogP contribution in [0.2, 0.25) is 5.02 Å². The number of rotatable bonds is 5. The van der Waals surface area contributed by atoms with Crippen LogP contribution >= 0.6 is 11.6 Å². The lowest BCUT2D eigenvalue weighted by Gasteiger charge is -2.16. The van der Waals surface area contributed by atoms with Gasteiger partial charge >= 0.3 is 0 Å². The second-order valence-electron chi connectivity index (χ2n) is 7.90. The number of imidazole rings is 1. The molecule has 0 radical (unpaired) electrons. The highest BCUT2D eigenvalue weighted by molar-refractivity contribution is 6.35. The van der Waals surface area contributed by atoms with Crippen molar-refractivity contribution >= 4 is 39.5 Å². The minimum absolute atomic E-state index is 0.513. The molecule has 0 atom stereocenters. The molecule has 6 aromatic rings. The van der Waals surface area contributed by atoms with Crippen molar-refractivity contribution in [1.82, 2.24) is 24.9 Å². The highest BCUT2D eigenvalue weighted by Crippen LogP contribution is 2.35. The van der Waals surface area contributed by atoms with Gasteiger partial charge in [0.05, 0.1) is 22.6 Å². The largest absolute Gasteiger partial charge is 0.364 e. The Morgan fingerprint density at radius 1 is 0.824 bits per heavy atom. The van der Waals surface area contributed by atoms with Crippen LogP contribution in [0, 0.1) is 0 Å². The second kappa shape index (κ2) is 8.57. The molecule has 0 saturated carbocycles. The molecule has 0 aliphatic heterocycles. The van der Waals surface area contributed by atoms with Crippen molar-refractivity contribution in [3.63, 3.8) is 0 Å². The summed E-state index contributed by atoms with van der Waals surface area (Å²) >= 11 is 6.55. The van der Waals surface area contributed by atoms with Gasteiger partial charge in [0.25, 0.3) is 0 Å². The lowest BCUT2D eigenvalue weighted by molar-refractivity contribution is 1.09. The van der Waals surface area contributed by atoms with E-state index in [4.69, 9.17) is 16.6 Å². The van der Waals surface area contributed by atoms with E-state index in [0.717, 1.165) is 44.4 Å². The van der Waals surface area contributed by atoms with Gasteiger partial charge in [0.15, 0.2) is 11.5 Å². The average Bonchev–Trinajstić information content (AvgIpc) is 3.37. The van der Waals surface area contributed by atoms with E-state index in [-0.39, 0.29) is 0 Å². The first-order valence-electron chi connectivity index (χ1n) is 10.9. The number of hydrogen-bond acceptors (Lipinski definition) is 5. The van der Waals surface area contributed by atoms with Gasteiger partial charge in [0, 0.05) is 17.5 Å². The van der Waals surface area contributed by atoms with Crippen molar-refractivity contribution in [3.05, 3.63) is 102 Å². The van der Waals surface area contributed by atoms with Gasteiger partial charge in [-0.05, 0) is 28.8 Å². The van der Waals surface area contributed by atoms with Crippen LogP contribution in [0.4, 0.5) is 5.82 Å². The Balaban J connectivity index is 1.51. The first-order chi connectivity index (χ1) is 16.8. The Kier molecular flexibility index (Phi) is 5.13. The fourth-order valence-electron chi connectivity index (χ4n) is 4.21. The SMILES string of the molecule is Clc1cccc2cc(CNc3ncnc4nc[nH]c34)c(-c3ccccc3-c3ccccc3)nc12. The van der Waals surface area contributed by atoms with Crippen LogP contribution in [-0.4, -0.2) is 24.9 Å². The maximum Gasteiger partial charge on any atom is 0.182 e. The summed E-state index contributed by atoms with van der Waals surface area (Å²) in [6.45, 7) is 0.513. The van der Waals surface area contributed by atoms with Gasteiger partial charge in [0.1, 0.15) is 11.8 Å². The van der Waals surface area contributed by atoms with Crippen LogP contribution < -0.4 is 5.32 Å². The highest BCUT2D eigenvalue weighted by atomic mass is 35.5. The lowest BCUT2D eigenvalue weighted by atomic mass is 9.94. The number of hydrogen-bond donors (Lipinski definition) is 2. The smallest absolute Gasteiger partial charge is 0.182 e. The molecule has 0 bridgehead atoms. The van der Waals surface area contributed by atoms with Crippen molar-refractivity contribution in [2.24, 2.45) is 0 Å². The zero-order chi connectivity index (χ0) is 22.9. The molecule has 0 fully saturated rings. The number of halogens is 1. The van der Waals surface area contributed by atoms with Gasteiger partial charge < -0.3 is 10.3 Å². The molecule has 0 spiro atoms. The van der Waals surface area contributed by atoms with Crippen LogP contribution in [0.15, 0.2) is 91.5 Å². The zero-order valence-corrected chi connectivity index (χ0v) is 18.8. The van der Waals surface area contributed by atoms with Crippen LogP contribution in [-0.2, 0) is 6.54 Å². The number of nitrogens with zero attached hydrogens (tertiary/aromatic N) is 4. The first-order valence-corrected chi connectivity index (χ1v) is 11.3. The Morgan fingerprint density at radius 3 is 2.53 bits per heavy atom. The zero-order valence-electron chi connectivity index (χ0n) is 18.0. The third kappa shape index (κ3) is 3.64. The van der Waals surface area contributed by atoms with E-state index in [1.165, 1.54) is 6.33 Å². The quantitative estimate of drug-likeness (QED) is 0.305. The molecule has 7 heteroatoms. The molecule has 34 heavy (non-hydrogen) atoms. The Labute approximate surface area is 200 Å². The molecule has 6 nitrogen and oxygen atoms in total. The van der Waals surface area contributed by atoms with E-state index in [1.54, 1.807) is 6.33 Å². The minimum atomic E-state index is 0.513. The molecule has 0 aliphatic carbocycles. The standard InChI is InChI=1S/C27H19ClN6/c28-22-12-6-9-18-13-19(14-29-26-25-27(31-15-30-25)33-16-32-26)23(34-24(18)22)21-11-5-4-10-20(21)17-7-2-1-3-8-17/h1-13,15-16H,14H2,(H2,29,30,31,32,33). The Hall–Kier alpha value is -4.29. The van der Waals surface area contributed by atoms with Crippen molar-refractivity contribution < 1.29 is 0 Å². The molecule has 0 aliphatic rings. The number of anilines is 1. The maximum absolute atomic E-state index is 6.55. The monoisotopic (exact) mass is 462 g/mol. The summed E-state index contributed by atoms with van der Waals surface area (Å²) in [4.78, 5) is 21.0. The molecule has 0 saturated heterocycles. The number of benzene rings is 3. The fourth-order valence-corrected chi connectivity index (χ4v) is 4.44. The summed E-state index contributed by atoms with van der Waals surface area (Å²) < 4.78 is 0. The molecule has 164 valence electrons. The number of pyridine rings is 1. The Bertz CT molecular complexity index is 1630. The topological polar surface area (TPSA) is 79.4 Å². The van der Waals surface area contributed by atoms with Crippen LogP contribution in [0.1, 0.15) is 5.56 Å². The summed E-state index contributed by atoms with van der Waals surface area (Å²) in [6, 6.07) is 26.6.